The van der Waals surface area contributed by atoms with Crippen LogP contribution in [0, 0.1) is 0 Å². The van der Waals surface area contributed by atoms with Gasteiger partial charge in [0.15, 0.2) is 0 Å². The van der Waals surface area contributed by atoms with Crippen molar-refractivity contribution in [2.75, 3.05) is 33.8 Å². The summed E-state index contributed by atoms with van der Waals surface area (Å²) in [5.74, 6) is -0.297. The average Bonchev–Trinajstić information content (AvgIpc) is 2.17. The third-order valence-corrected chi connectivity index (χ3v) is 2.22. The van der Waals surface area contributed by atoms with Crippen molar-refractivity contribution in [3.05, 3.63) is 12.7 Å². The smallest absolute Gasteiger partial charge is 0.266 e. The molecule has 1 amide bonds. The standard InChI is InChI=1S/C10H20N2O2.ClH/c1-5-10(13)11-14-9-7-8-12(3,4)6-2;/h5H,1,6-9H2,2-4H3;1H. The number of hydroxylamine groups is 1. The largest absolute Gasteiger partial charge is 1.00 e. The zero-order valence-corrected chi connectivity index (χ0v) is 10.5. The molecule has 0 fully saturated rings. The third-order valence-electron chi connectivity index (χ3n) is 2.22. The number of hydrogen-bond donors (Lipinski definition) is 1. The monoisotopic (exact) mass is 236 g/mol. The maximum Gasteiger partial charge on any atom is 0.266 e. The molecule has 0 unspecified atom stereocenters. The number of rotatable bonds is 7. The van der Waals surface area contributed by atoms with E-state index in [0.717, 1.165) is 24.0 Å². The Kier molecular flexibility index (Phi) is 9.77. The first-order valence-electron chi connectivity index (χ1n) is 4.88. The van der Waals surface area contributed by atoms with Gasteiger partial charge in [-0.15, -0.1) is 0 Å². The zero-order chi connectivity index (χ0) is 11.0. The van der Waals surface area contributed by atoms with Crippen molar-refractivity contribution in [1.82, 2.24) is 5.48 Å². The number of nitrogens with zero attached hydrogens (tertiary/aromatic N) is 1. The Morgan fingerprint density at radius 1 is 1.53 bits per heavy atom. The Morgan fingerprint density at radius 3 is 2.60 bits per heavy atom. The second kappa shape index (κ2) is 8.71. The minimum Gasteiger partial charge on any atom is -1.00 e. The van der Waals surface area contributed by atoms with Crippen molar-refractivity contribution < 1.29 is 26.5 Å². The number of quaternary nitrogens is 1. The van der Waals surface area contributed by atoms with Crippen LogP contribution in [0.15, 0.2) is 12.7 Å². The summed E-state index contributed by atoms with van der Waals surface area (Å²) in [7, 11) is 4.34. The van der Waals surface area contributed by atoms with E-state index in [1.54, 1.807) is 0 Å². The first-order chi connectivity index (χ1) is 6.52. The van der Waals surface area contributed by atoms with Gasteiger partial charge in [0.05, 0.1) is 33.8 Å². The van der Waals surface area contributed by atoms with Gasteiger partial charge in [-0.2, -0.15) is 0 Å². The molecule has 0 heterocycles. The minimum atomic E-state index is -0.297. The van der Waals surface area contributed by atoms with Crippen LogP contribution in [0.3, 0.4) is 0 Å². The minimum absolute atomic E-state index is 0. The van der Waals surface area contributed by atoms with Crippen LogP contribution in [-0.2, 0) is 9.63 Å². The lowest BCUT2D eigenvalue weighted by molar-refractivity contribution is -0.888. The number of carbonyl (C=O) groups excluding carboxylic acids is 1. The molecule has 15 heavy (non-hydrogen) atoms. The molecule has 0 bridgehead atoms. The molecule has 0 saturated heterocycles. The Morgan fingerprint density at radius 2 is 2.13 bits per heavy atom. The van der Waals surface area contributed by atoms with Crippen molar-refractivity contribution in [3.8, 4) is 0 Å². The van der Waals surface area contributed by atoms with Gasteiger partial charge in [-0.3, -0.25) is 9.63 Å². The number of halogens is 1. The quantitative estimate of drug-likeness (QED) is 0.234. The molecule has 0 aromatic heterocycles. The topological polar surface area (TPSA) is 38.3 Å². The average molecular weight is 237 g/mol. The Labute approximate surface area is 98.2 Å². The van der Waals surface area contributed by atoms with Crippen molar-refractivity contribution in [1.29, 1.82) is 0 Å². The number of amides is 1. The maximum atomic E-state index is 10.7. The van der Waals surface area contributed by atoms with Crippen LogP contribution in [0.1, 0.15) is 13.3 Å². The highest BCUT2D eigenvalue weighted by molar-refractivity contribution is 5.85. The molecule has 0 aliphatic carbocycles. The number of hydrogen-bond acceptors (Lipinski definition) is 2. The van der Waals surface area contributed by atoms with Gasteiger partial charge in [0.1, 0.15) is 0 Å². The summed E-state index contributed by atoms with van der Waals surface area (Å²) in [4.78, 5) is 15.6. The number of carbonyl (C=O) groups is 1. The Bertz CT molecular complexity index is 196. The highest BCUT2D eigenvalue weighted by Gasteiger charge is 2.10. The summed E-state index contributed by atoms with van der Waals surface area (Å²) in [5, 5.41) is 0. The molecule has 0 aliphatic rings. The highest BCUT2D eigenvalue weighted by atomic mass is 35.5. The maximum absolute atomic E-state index is 10.7. The lowest BCUT2D eigenvalue weighted by Crippen LogP contribution is -3.00. The fraction of sp³-hybridized carbons (Fsp3) is 0.700. The third kappa shape index (κ3) is 9.72. The fourth-order valence-electron chi connectivity index (χ4n) is 0.887. The van der Waals surface area contributed by atoms with E-state index in [2.05, 4.69) is 33.1 Å². The van der Waals surface area contributed by atoms with Gasteiger partial charge in [0, 0.05) is 6.42 Å². The molecular formula is C10H21ClN2O2. The lowest BCUT2D eigenvalue weighted by Gasteiger charge is -2.27. The van der Waals surface area contributed by atoms with Crippen LogP contribution >= 0.6 is 0 Å². The fourth-order valence-corrected chi connectivity index (χ4v) is 0.887. The first-order valence-corrected chi connectivity index (χ1v) is 4.88. The predicted octanol–water partition coefficient (Wildman–Crippen LogP) is -2.29. The van der Waals surface area contributed by atoms with Gasteiger partial charge in [-0.25, -0.2) is 5.48 Å². The second-order valence-corrected chi connectivity index (χ2v) is 3.85. The molecule has 0 saturated carbocycles. The number of nitrogens with one attached hydrogen (secondary N) is 1. The van der Waals surface area contributed by atoms with Crippen LogP contribution in [-0.4, -0.2) is 44.2 Å². The summed E-state index contributed by atoms with van der Waals surface area (Å²) in [6, 6.07) is 0. The van der Waals surface area contributed by atoms with Gasteiger partial charge in [-0.05, 0) is 13.0 Å². The van der Waals surface area contributed by atoms with Gasteiger partial charge < -0.3 is 16.9 Å². The zero-order valence-electron chi connectivity index (χ0n) is 9.75. The molecule has 1 N–H and O–H groups in total. The molecule has 0 aromatic rings. The molecule has 0 rings (SSSR count). The molecule has 0 aromatic carbocycles. The van der Waals surface area contributed by atoms with E-state index in [9.17, 15) is 4.79 Å². The van der Waals surface area contributed by atoms with E-state index < -0.39 is 0 Å². The van der Waals surface area contributed by atoms with Gasteiger partial charge in [-0.1, -0.05) is 6.58 Å². The van der Waals surface area contributed by atoms with E-state index in [1.807, 2.05) is 0 Å². The van der Waals surface area contributed by atoms with Crippen LogP contribution in [0.5, 0.6) is 0 Å². The molecule has 0 spiro atoms. The molecule has 4 nitrogen and oxygen atoms in total. The first kappa shape index (κ1) is 16.8. The van der Waals surface area contributed by atoms with Crippen LogP contribution in [0.4, 0.5) is 0 Å². The Hall–Kier alpha value is -0.580. The SMILES string of the molecule is C=CC(=O)NOCCC[N+](C)(C)CC.[Cl-]. The normalized spacial score (nSPS) is 10.3. The summed E-state index contributed by atoms with van der Waals surface area (Å²) in [6.07, 6.45) is 2.12. The van der Waals surface area contributed by atoms with Crippen molar-refractivity contribution >= 4 is 5.91 Å². The lowest BCUT2D eigenvalue weighted by atomic mass is 10.3. The van der Waals surface area contributed by atoms with Crippen molar-refractivity contribution in [2.24, 2.45) is 0 Å². The van der Waals surface area contributed by atoms with E-state index in [-0.39, 0.29) is 18.3 Å². The summed E-state index contributed by atoms with van der Waals surface area (Å²) < 4.78 is 0.971. The molecule has 0 atom stereocenters. The molecule has 90 valence electrons. The summed E-state index contributed by atoms with van der Waals surface area (Å²) >= 11 is 0. The second-order valence-electron chi connectivity index (χ2n) is 3.85. The van der Waals surface area contributed by atoms with E-state index in [0.29, 0.717) is 6.61 Å². The predicted molar refractivity (Wildman–Crippen MR) is 56.4 cm³/mol. The molecule has 0 aliphatic heterocycles. The van der Waals surface area contributed by atoms with E-state index in [1.165, 1.54) is 6.08 Å². The van der Waals surface area contributed by atoms with E-state index in [4.69, 9.17) is 4.84 Å². The van der Waals surface area contributed by atoms with Crippen molar-refractivity contribution in [2.45, 2.75) is 13.3 Å². The van der Waals surface area contributed by atoms with Crippen molar-refractivity contribution in [3.63, 3.8) is 0 Å². The molecule has 5 heteroatoms. The van der Waals surface area contributed by atoms with Crippen LogP contribution in [0.2, 0.25) is 0 Å². The van der Waals surface area contributed by atoms with Crippen LogP contribution in [0.25, 0.3) is 0 Å². The van der Waals surface area contributed by atoms with E-state index >= 15 is 0 Å². The van der Waals surface area contributed by atoms with Gasteiger partial charge in [0.25, 0.3) is 5.91 Å². The summed E-state index contributed by atoms with van der Waals surface area (Å²) in [6.45, 7) is 8.15. The molecular weight excluding hydrogens is 216 g/mol. The van der Waals surface area contributed by atoms with Crippen LogP contribution < -0.4 is 17.9 Å². The highest BCUT2D eigenvalue weighted by Crippen LogP contribution is 1.97. The van der Waals surface area contributed by atoms with Gasteiger partial charge >= 0.3 is 0 Å². The Balaban J connectivity index is 0. The summed E-state index contributed by atoms with van der Waals surface area (Å²) in [5.41, 5.74) is 2.27. The van der Waals surface area contributed by atoms with Gasteiger partial charge in [0.2, 0.25) is 0 Å². The molecule has 0 radical (unpaired) electrons.